The van der Waals surface area contributed by atoms with Crippen molar-refractivity contribution < 1.29 is 9.21 Å². The maximum absolute atomic E-state index is 12.5. The number of thiophene rings is 1. The van der Waals surface area contributed by atoms with Gasteiger partial charge in [0, 0.05) is 10.8 Å². The highest BCUT2D eigenvalue weighted by molar-refractivity contribution is 7.21. The summed E-state index contributed by atoms with van der Waals surface area (Å²) in [4.78, 5) is 18.4. The van der Waals surface area contributed by atoms with Crippen LogP contribution in [0.3, 0.4) is 0 Å². The number of carbonyl (C=O) groups excluding carboxylic acids is 1. The molecule has 3 heterocycles. The van der Waals surface area contributed by atoms with E-state index >= 15 is 0 Å². The molecule has 0 spiro atoms. The van der Waals surface area contributed by atoms with Gasteiger partial charge < -0.3 is 15.5 Å². The standard InChI is InChI=1S/C19H17N3O2S/c1-2-11-5-6-15-12(8-11)9-14-16(20)17(25-19(14)22-15)18(23)21-10-13-4-3-7-24-13/h3-9H,2,10,20H2,1H3,(H,21,23). The van der Waals surface area contributed by atoms with Crippen LogP contribution in [-0.2, 0) is 13.0 Å². The first-order valence-electron chi connectivity index (χ1n) is 8.08. The van der Waals surface area contributed by atoms with Crippen molar-refractivity contribution in [3.8, 4) is 0 Å². The SMILES string of the molecule is CCc1ccc2nc3sc(C(=O)NCc4ccco4)c(N)c3cc2c1. The van der Waals surface area contributed by atoms with Gasteiger partial charge in [-0.3, -0.25) is 4.79 Å². The molecule has 0 atom stereocenters. The number of aryl methyl sites for hydroxylation is 1. The zero-order valence-corrected chi connectivity index (χ0v) is 14.5. The van der Waals surface area contributed by atoms with Crippen molar-refractivity contribution in [2.24, 2.45) is 0 Å². The number of amides is 1. The highest BCUT2D eigenvalue weighted by atomic mass is 32.1. The minimum atomic E-state index is -0.213. The van der Waals surface area contributed by atoms with E-state index in [0.29, 0.717) is 22.9 Å². The zero-order valence-electron chi connectivity index (χ0n) is 13.7. The minimum Gasteiger partial charge on any atom is -0.467 e. The number of benzene rings is 1. The molecule has 0 aliphatic heterocycles. The number of anilines is 1. The summed E-state index contributed by atoms with van der Waals surface area (Å²) < 4.78 is 5.23. The fourth-order valence-electron chi connectivity index (χ4n) is 2.80. The van der Waals surface area contributed by atoms with Crippen LogP contribution < -0.4 is 11.1 Å². The van der Waals surface area contributed by atoms with Gasteiger partial charge in [0.2, 0.25) is 0 Å². The maximum atomic E-state index is 12.5. The van der Waals surface area contributed by atoms with E-state index in [1.54, 1.807) is 12.3 Å². The van der Waals surface area contributed by atoms with Crippen LogP contribution in [0, 0.1) is 0 Å². The van der Waals surface area contributed by atoms with Crippen LogP contribution in [0.25, 0.3) is 21.1 Å². The van der Waals surface area contributed by atoms with Gasteiger partial charge in [-0.1, -0.05) is 13.0 Å². The lowest BCUT2D eigenvalue weighted by Gasteiger charge is -2.02. The van der Waals surface area contributed by atoms with Gasteiger partial charge in [0.15, 0.2) is 0 Å². The van der Waals surface area contributed by atoms with E-state index < -0.39 is 0 Å². The zero-order chi connectivity index (χ0) is 17.4. The van der Waals surface area contributed by atoms with E-state index in [2.05, 4.69) is 29.4 Å². The molecule has 4 aromatic rings. The van der Waals surface area contributed by atoms with Crippen LogP contribution in [-0.4, -0.2) is 10.9 Å². The summed E-state index contributed by atoms with van der Waals surface area (Å²) in [7, 11) is 0. The number of nitrogen functional groups attached to an aromatic ring is 1. The Labute approximate surface area is 148 Å². The van der Waals surface area contributed by atoms with Crippen LogP contribution in [0.2, 0.25) is 0 Å². The fourth-order valence-corrected chi connectivity index (χ4v) is 3.80. The molecule has 0 bridgehead atoms. The van der Waals surface area contributed by atoms with Gasteiger partial charge in [0.25, 0.3) is 5.91 Å². The van der Waals surface area contributed by atoms with Gasteiger partial charge in [-0.05, 0) is 42.3 Å². The normalized spacial score (nSPS) is 11.2. The highest BCUT2D eigenvalue weighted by Crippen LogP contribution is 2.34. The molecule has 25 heavy (non-hydrogen) atoms. The smallest absolute Gasteiger partial charge is 0.263 e. The summed E-state index contributed by atoms with van der Waals surface area (Å²) in [6.07, 6.45) is 2.54. The number of carbonyl (C=O) groups is 1. The van der Waals surface area contributed by atoms with E-state index in [4.69, 9.17) is 10.2 Å². The second kappa shape index (κ2) is 6.22. The van der Waals surface area contributed by atoms with E-state index in [1.807, 2.05) is 18.2 Å². The molecule has 3 N–H and O–H groups in total. The van der Waals surface area contributed by atoms with E-state index in [-0.39, 0.29) is 5.91 Å². The second-order valence-electron chi connectivity index (χ2n) is 5.83. The molecule has 126 valence electrons. The molecule has 3 aromatic heterocycles. The third-order valence-electron chi connectivity index (χ3n) is 4.20. The molecular weight excluding hydrogens is 334 g/mol. The lowest BCUT2D eigenvalue weighted by Crippen LogP contribution is -2.22. The molecule has 1 aromatic carbocycles. The Hall–Kier alpha value is -2.86. The number of fused-ring (bicyclic) bond motifs is 2. The maximum Gasteiger partial charge on any atom is 0.263 e. The number of aromatic nitrogens is 1. The topological polar surface area (TPSA) is 81.2 Å². The van der Waals surface area contributed by atoms with Crippen LogP contribution in [0.1, 0.15) is 27.9 Å². The predicted octanol–water partition coefficient (Wildman–Crippen LogP) is 4.12. The van der Waals surface area contributed by atoms with Crippen molar-refractivity contribution in [3.05, 3.63) is 58.9 Å². The van der Waals surface area contributed by atoms with Crippen LogP contribution >= 0.6 is 11.3 Å². The Kier molecular flexibility index (Phi) is 3.89. The first kappa shape index (κ1) is 15.7. The van der Waals surface area contributed by atoms with E-state index in [1.165, 1.54) is 16.9 Å². The molecule has 0 aliphatic carbocycles. The Morgan fingerprint density at radius 2 is 2.20 bits per heavy atom. The van der Waals surface area contributed by atoms with Crippen LogP contribution in [0.15, 0.2) is 47.1 Å². The Morgan fingerprint density at radius 3 is 2.96 bits per heavy atom. The quantitative estimate of drug-likeness (QED) is 0.579. The molecule has 0 fully saturated rings. The third kappa shape index (κ3) is 2.85. The first-order chi connectivity index (χ1) is 12.2. The monoisotopic (exact) mass is 351 g/mol. The summed E-state index contributed by atoms with van der Waals surface area (Å²) in [6.45, 7) is 2.45. The van der Waals surface area contributed by atoms with Gasteiger partial charge in [0.1, 0.15) is 15.5 Å². The predicted molar refractivity (Wildman–Crippen MR) is 101 cm³/mol. The van der Waals surface area contributed by atoms with Crippen molar-refractivity contribution in [1.29, 1.82) is 0 Å². The van der Waals surface area contributed by atoms with Crippen molar-refractivity contribution in [2.45, 2.75) is 19.9 Å². The number of nitrogens with one attached hydrogen (secondary N) is 1. The molecule has 0 aliphatic rings. The van der Waals surface area contributed by atoms with Crippen LogP contribution in [0.4, 0.5) is 5.69 Å². The van der Waals surface area contributed by atoms with Gasteiger partial charge >= 0.3 is 0 Å². The average molecular weight is 351 g/mol. The molecule has 0 saturated heterocycles. The number of hydrogen-bond acceptors (Lipinski definition) is 5. The average Bonchev–Trinajstić information content (AvgIpc) is 3.26. The van der Waals surface area contributed by atoms with Gasteiger partial charge in [-0.2, -0.15) is 0 Å². The molecule has 0 unspecified atom stereocenters. The number of furan rings is 1. The number of nitrogens with zero attached hydrogens (tertiary/aromatic N) is 1. The number of hydrogen-bond donors (Lipinski definition) is 2. The summed E-state index contributed by atoms with van der Waals surface area (Å²) in [5, 5.41) is 4.70. The molecule has 6 heteroatoms. The van der Waals surface area contributed by atoms with E-state index in [9.17, 15) is 4.79 Å². The number of rotatable bonds is 4. The Bertz CT molecular complexity index is 1070. The summed E-state index contributed by atoms with van der Waals surface area (Å²) in [6, 6.07) is 11.8. The van der Waals surface area contributed by atoms with Crippen molar-refractivity contribution in [3.63, 3.8) is 0 Å². The van der Waals surface area contributed by atoms with Crippen molar-refractivity contribution in [2.75, 3.05) is 5.73 Å². The number of pyridine rings is 1. The second-order valence-corrected chi connectivity index (χ2v) is 6.83. The lowest BCUT2D eigenvalue weighted by molar-refractivity contribution is 0.0953. The summed E-state index contributed by atoms with van der Waals surface area (Å²) in [5.41, 5.74) is 8.88. The minimum absolute atomic E-state index is 0.213. The highest BCUT2D eigenvalue weighted by Gasteiger charge is 2.18. The lowest BCUT2D eigenvalue weighted by atomic mass is 10.1. The molecule has 1 amide bonds. The molecular formula is C19H17N3O2S. The molecule has 5 nitrogen and oxygen atoms in total. The van der Waals surface area contributed by atoms with Crippen molar-refractivity contribution >= 4 is 44.1 Å². The largest absolute Gasteiger partial charge is 0.467 e. The van der Waals surface area contributed by atoms with Gasteiger partial charge in [0.05, 0.1) is 24.0 Å². The summed E-state index contributed by atoms with van der Waals surface area (Å²) in [5.74, 6) is 0.485. The molecule has 4 rings (SSSR count). The van der Waals surface area contributed by atoms with Crippen molar-refractivity contribution in [1.82, 2.24) is 10.3 Å². The third-order valence-corrected chi connectivity index (χ3v) is 5.31. The molecule has 0 radical (unpaired) electrons. The Morgan fingerprint density at radius 1 is 1.32 bits per heavy atom. The summed E-state index contributed by atoms with van der Waals surface area (Å²) >= 11 is 1.32. The van der Waals surface area contributed by atoms with Gasteiger partial charge in [-0.25, -0.2) is 4.98 Å². The fraction of sp³-hybridized carbons (Fsp3) is 0.158. The first-order valence-corrected chi connectivity index (χ1v) is 8.89. The van der Waals surface area contributed by atoms with E-state index in [0.717, 1.165) is 27.5 Å². The van der Waals surface area contributed by atoms with Crippen LogP contribution in [0.5, 0.6) is 0 Å². The Balaban J connectivity index is 1.70. The van der Waals surface area contributed by atoms with Gasteiger partial charge in [-0.15, -0.1) is 11.3 Å². The number of nitrogens with two attached hydrogens (primary N) is 1. The molecule has 0 saturated carbocycles.